The Kier molecular flexibility index (Phi) is 4.75. The summed E-state index contributed by atoms with van der Waals surface area (Å²) in [6.45, 7) is 1.26. The summed E-state index contributed by atoms with van der Waals surface area (Å²) in [6, 6.07) is 11.3. The fraction of sp³-hybridized carbons (Fsp3) is 0.273. The van der Waals surface area contributed by atoms with Gasteiger partial charge in [-0.3, -0.25) is 9.78 Å². The van der Waals surface area contributed by atoms with E-state index in [9.17, 15) is 4.79 Å². The van der Waals surface area contributed by atoms with Gasteiger partial charge in [0.25, 0.3) is 5.91 Å². The zero-order valence-electron chi connectivity index (χ0n) is 16.5. The number of nitrogens with zero attached hydrogens (tertiary/aromatic N) is 5. The first-order valence-electron chi connectivity index (χ1n) is 9.88. The number of fused-ring (bicyclic) bond motifs is 1. The van der Waals surface area contributed by atoms with E-state index < -0.39 is 0 Å². The van der Waals surface area contributed by atoms with Crippen molar-refractivity contribution in [3.63, 3.8) is 0 Å². The molecule has 30 heavy (non-hydrogen) atoms. The van der Waals surface area contributed by atoms with E-state index in [1.807, 2.05) is 52.9 Å². The molecule has 0 aliphatic carbocycles. The Morgan fingerprint density at radius 1 is 1.27 bits per heavy atom. The van der Waals surface area contributed by atoms with Gasteiger partial charge in [0.15, 0.2) is 0 Å². The summed E-state index contributed by atoms with van der Waals surface area (Å²) in [6.07, 6.45) is 5.20. The topological polar surface area (TPSA) is 77.1 Å². The van der Waals surface area contributed by atoms with Gasteiger partial charge in [-0.15, -0.1) is 0 Å². The third-order valence-corrected chi connectivity index (χ3v) is 5.88. The maximum atomic E-state index is 13.3. The van der Waals surface area contributed by atoms with Crippen molar-refractivity contribution in [3.8, 4) is 11.4 Å². The molecule has 0 N–H and O–H groups in total. The van der Waals surface area contributed by atoms with E-state index in [1.54, 1.807) is 12.4 Å². The fourth-order valence-electron chi connectivity index (χ4n) is 4.06. The van der Waals surface area contributed by atoms with Crippen LogP contribution in [0.5, 0.6) is 0 Å². The van der Waals surface area contributed by atoms with Crippen LogP contribution >= 0.6 is 11.6 Å². The second-order valence-corrected chi connectivity index (χ2v) is 8.02. The highest BCUT2D eigenvalue weighted by Crippen LogP contribution is 2.29. The largest absolute Gasteiger partial charge is 0.340 e. The molecule has 8 heteroatoms. The number of pyridine rings is 1. The Bertz CT molecular complexity index is 1220. The summed E-state index contributed by atoms with van der Waals surface area (Å²) in [7, 11) is 1.91. The minimum Gasteiger partial charge on any atom is -0.340 e. The molecule has 1 saturated heterocycles. The Hall–Kier alpha value is -3.19. The molecule has 1 atom stereocenters. The van der Waals surface area contributed by atoms with E-state index in [2.05, 4.69) is 15.1 Å². The molecule has 1 aliphatic heterocycles. The number of aryl methyl sites for hydroxylation is 1. The van der Waals surface area contributed by atoms with E-state index in [4.69, 9.17) is 16.1 Å². The summed E-state index contributed by atoms with van der Waals surface area (Å²) in [5.41, 5.74) is 2.44. The number of carbonyl (C=O) groups excluding carboxylic acids is 1. The zero-order chi connectivity index (χ0) is 20.7. The van der Waals surface area contributed by atoms with Crippen LogP contribution in [0, 0.1) is 0 Å². The Morgan fingerprint density at radius 3 is 3.00 bits per heavy atom. The first-order chi connectivity index (χ1) is 14.6. The molecule has 1 aromatic carbocycles. The summed E-state index contributed by atoms with van der Waals surface area (Å²) in [4.78, 5) is 23.8. The van der Waals surface area contributed by atoms with Gasteiger partial charge in [-0.05, 0) is 49.2 Å². The van der Waals surface area contributed by atoms with Crippen LogP contribution in [0.1, 0.15) is 35.1 Å². The van der Waals surface area contributed by atoms with E-state index in [0.29, 0.717) is 35.5 Å². The molecular formula is C22H20ClN5O2. The van der Waals surface area contributed by atoms with E-state index in [1.165, 1.54) is 0 Å². The molecule has 4 heterocycles. The Labute approximate surface area is 178 Å². The minimum atomic E-state index is 0.00141. The van der Waals surface area contributed by atoms with Crippen molar-refractivity contribution in [2.45, 2.75) is 18.8 Å². The highest BCUT2D eigenvalue weighted by atomic mass is 35.5. The molecule has 1 aliphatic rings. The summed E-state index contributed by atoms with van der Waals surface area (Å²) in [5.74, 6) is 1.11. The number of likely N-dealkylation sites (tertiary alicyclic amines) is 1. The quantitative estimate of drug-likeness (QED) is 0.493. The lowest BCUT2D eigenvalue weighted by atomic mass is 9.97. The van der Waals surface area contributed by atoms with Gasteiger partial charge in [0.1, 0.15) is 5.69 Å². The number of amides is 1. The highest BCUT2D eigenvalue weighted by Gasteiger charge is 2.30. The van der Waals surface area contributed by atoms with Crippen LogP contribution in [0.25, 0.3) is 22.3 Å². The second-order valence-electron chi connectivity index (χ2n) is 7.58. The van der Waals surface area contributed by atoms with Crippen LogP contribution in [0.2, 0.25) is 5.02 Å². The third kappa shape index (κ3) is 3.35. The monoisotopic (exact) mass is 421 g/mol. The molecule has 3 aromatic heterocycles. The second kappa shape index (κ2) is 7.57. The molecule has 0 saturated carbocycles. The van der Waals surface area contributed by atoms with Crippen LogP contribution in [0.15, 0.2) is 53.3 Å². The predicted octanol–water partition coefficient (Wildman–Crippen LogP) is 4.30. The van der Waals surface area contributed by atoms with E-state index >= 15 is 0 Å². The maximum Gasteiger partial charge on any atom is 0.270 e. The molecule has 0 bridgehead atoms. The number of halogens is 1. The molecule has 0 unspecified atom stereocenters. The van der Waals surface area contributed by atoms with Gasteiger partial charge in [0, 0.05) is 54.0 Å². The average Bonchev–Trinajstić information content (AvgIpc) is 3.39. The summed E-state index contributed by atoms with van der Waals surface area (Å²) < 4.78 is 7.45. The lowest BCUT2D eigenvalue weighted by Gasteiger charge is -2.31. The molecule has 152 valence electrons. The van der Waals surface area contributed by atoms with Gasteiger partial charge in [-0.25, -0.2) is 0 Å². The highest BCUT2D eigenvalue weighted by molar-refractivity contribution is 6.31. The number of aromatic nitrogens is 4. The summed E-state index contributed by atoms with van der Waals surface area (Å²) >= 11 is 6.11. The molecule has 0 radical (unpaired) electrons. The van der Waals surface area contributed by atoms with Crippen molar-refractivity contribution in [1.82, 2.24) is 24.6 Å². The lowest BCUT2D eigenvalue weighted by Crippen LogP contribution is -2.39. The Balaban J connectivity index is 1.38. The molecule has 7 nitrogen and oxygen atoms in total. The fourth-order valence-corrected chi connectivity index (χ4v) is 4.24. The molecule has 5 rings (SSSR count). The van der Waals surface area contributed by atoms with Gasteiger partial charge in [-0.2, -0.15) is 4.98 Å². The number of piperidine rings is 1. The van der Waals surface area contributed by atoms with Crippen LogP contribution in [0.4, 0.5) is 0 Å². The molecule has 1 amide bonds. The smallest absolute Gasteiger partial charge is 0.270 e. The SMILES string of the molecule is Cn1c(C(=O)N2CCC[C@@H](c3nc(-c4cccnc4)no3)C2)cc2cc(Cl)ccc21. The normalized spacial score (nSPS) is 16.9. The van der Waals surface area contributed by atoms with Crippen molar-refractivity contribution in [1.29, 1.82) is 0 Å². The van der Waals surface area contributed by atoms with Crippen molar-refractivity contribution in [3.05, 3.63) is 65.4 Å². The summed E-state index contributed by atoms with van der Waals surface area (Å²) in [5, 5.41) is 5.71. The van der Waals surface area contributed by atoms with E-state index in [-0.39, 0.29) is 11.8 Å². The van der Waals surface area contributed by atoms with Crippen LogP contribution < -0.4 is 0 Å². The lowest BCUT2D eigenvalue weighted by molar-refractivity contribution is 0.0686. The zero-order valence-corrected chi connectivity index (χ0v) is 17.2. The van der Waals surface area contributed by atoms with Gasteiger partial charge >= 0.3 is 0 Å². The first-order valence-corrected chi connectivity index (χ1v) is 10.3. The maximum absolute atomic E-state index is 13.3. The predicted molar refractivity (Wildman–Crippen MR) is 113 cm³/mol. The Morgan fingerprint density at radius 2 is 2.17 bits per heavy atom. The number of hydrogen-bond donors (Lipinski definition) is 0. The molecular weight excluding hydrogens is 402 g/mol. The van der Waals surface area contributed by atoms with Crippen LogP contribution in [-0.4, -0.2) is 43.6 Å². The molecule has 4 aromatic rings. The first kappa shape index (κ1) is 18.8. The van der Waals surface area contributed by atoms with Crippen LogP contribution in [0.3, 0.4) is 0 Å². The van der Waals surface area contributed by atoms with Gasteiger partial charge in [-0.1, -0.05) is 16.8 Å². The van der Waals surface area contributed by atoms with Crippen LogP contribution in [-0.2, 0) is 7.05 Å². The van der Waals surface area contributed by atoms with Gasteiger partial charge in [0.05, 0.1) is 5.92 Å². The molecule has 0 spiro atoms. The van der Waals surface area contributed by atoms with Crippen molar-refractivity contribution in [2.24, 2.45) is 7.05 Å². The third-order valence-electron chi connectivity index (χ3n) is 5.64. The van der Waals surface area contributed by atoms with Crippen molar-refractivity contribution in [2.75, 3.05) is 13.1 Å². The number of hydrogen-bond acceptors (Lipinski definition) is 5. The minimum absolute atomic E-state index is 0.00141. The van der Waals surface area contributed by atoms with Crippen molar-refractivity contribution >= 4 is 28.4 Å². The molecule has 1 fully saturated rings. The number of benzene rings is 1. The van der Waals surface area contributed by atoms with Gasteiger partial charge < -0.3 is 14.0 Å². The number of rotatable bonds is 3. The van der Waals surface area contributed by atoms with Crippen molar-refractivity contribution < 1.29 is 9.32 Å². The number of carbonyl (C=O) groups is 1. The standard InChI is InChI=1S/C22H20ClN5O2/c1-27-18-7-6-17(23)10-16(18)11-19(27)22(29)28-9-3-5-15(13-28)21-25-20(26-30-21)14-4-2-8-24-12-14/h2,4,6-8,10-12,15H,3,5,9,13H2,1H3/t15-/m1/s1. The average molecular weight is 422 g/mol. The van der Waals surface area contributed by atoms with E-state index in [0.717, 1.165) is 29.3 Å². The van der Waals surface area contributed by atoms with Gasteiger partial charge in [0.2, 0.25) is 11.7 Å².